The first-order valence-corrected chi connectivity index (χ1v) is 8.40. The minimum Gasteiger partial charge on any atom is -0.336 e. The van der Waals surface area contributed by atoms with Gasteiger partial charge < -0.3 is 4.90 Å². The summed E-state index contributed by atoms with van der Waals surface area (Å²) in [4.78, 5) is 24.2. The van der Waals surface area contributed by atoms with E-state index in [9.17, 15) is 4.79 Å². The molecule has 1 atom stereocenters. The van der Waals surface area contributed by atoms with Gasteiger partial charge in [0.05, 0.1) is 16.7 Å². The molecule has 0 aromatic carbocycles. The molecule has 1 fully saturated rings. The highest BCUT2D eigenvalue weighted by molar-refractivity contribution is 7.13. The van der Waals surface area contributed by atoms with Crippen LogP contribution in [0.2, 0.25) is 0 Å². The molecule has 1 aliphatic rings. The zero-order chi connectivity index (χ0) is 15.9. The predicted molar refractivity (Wildman–Crippen MR) is 85.3 cm³/mol. The Kier molecular flexibility index (Phi) is 3.99. The summed E-state index contributed by atoms with van der Waals surface area (Å²) in [6.07, 6.45) is 2.03. The zero-order valence-electron chi connectivity index (χ0n) is 13.5. The molecule has 1 amide bonds. The number of hydrogen-bond acceptors (Lipinski definition) is 5. The highest BCUT2D eigenvalue weighted by Gasteiger charge is 2.28. The fourth-order valence-electron chi connectivity index (χ4n) is 3.09. The van der Waals surface area contributed by atoms with Crippen molar-refractivity contribution in [1.29, 1.82) is 0 Å². The van der Waals surface area contributed by atoms with Crippen LogP contribution in [0.15, 0.2) is 0 Å². The number of piperidine rings is 1. The Morgan fingerprint density at radius 2 is 2.00 bits per heavy atom. The van der Waals surface area contributed by atoms with E-state index in [0.717, 1.165) is 46.6 Å². The number of aryl methyl sites for hydroxylation is 4. The van der Waals surface area contributed by atoms with Crippen LogP contribution in [0.4, 0.5) is 0 Å². The van der Waals surface area contributed by atoms with E-state index in [2.05, 4.69) is 15.1 Å². The Bertz CT molecular complexity index is 705. The van der Waals surface area contributed by atoms with E-state index >= 15 is 0 Å². The molecule has 7 heteroatoms. The molecular weight excluding hydrogens is 298 g/mol. The van der Waals surface area contributed by atoms with Crippen molar-refractivity contribution in [1.82, 2.24) is 24.6 Å². The van der Waals surface area contributed by atoms with Crippen molar-refractivity contribution in [3.8, 4) is 0 Å². The summed E-state index contributed by atoms with van der Waals surface area (Å²) in [5, 5.41) is 5.42. The van der Waals surface area contributed by atoms with Gasteiger partial charge in [-0.05, 0) is 40.5 Å². The Labute approximate surface area is 134 Å². The molecule has 0 bridgehead atoms. The average molecular weight is 319 g/mol. The van der Waals surface area contributed by atoms with Gasteiger partial charge in [0.1, 0.15) is 16.5 Å². The van der Waals surface area contributed by atoms with Gasteiger partial charge in [-0.25, -0.2) is 14.6 Å². The SMILES string of the molecule is Cc1nc(C)n([C@H]2CCCN(C(=O)c3sc(C)nc3C)C2)n1. The summed E-state index contributed by atoms with van der Waals surface area (Å²) in [6, 6.07) is 0.216. The molecule has 2 aromatic rings. The molecule has 3 heterocycles. The van der Waals surface area contributed by atoms with Gasteiger partial charge in [-0.3, -0.25) is 4.79 Å². The fraction of sp³-hybridized carbons (Fsp3) is 0.600. The van der Waals surface area contributed by atoms with E-state index in [1.54, 1.807) is 0 Å². The van der Waals surface area contributed by atoms with Crippen LogP contribution in [0, 0.1) is 27.7 Å². The van der Waals surface area contributed by atoms with Crippen LogP contribution < -0.4 is 0 Å². The predicted octanol–water partition coefficient (Wildman–Crippen LogP) is 2.45. The fourth-order valence-corrected chi connectivity index (χ4v) is 3.98. The molecule has 1 aliphatic heterocycles. The molecule has 118 valence electrons. The second kappa shape index (κ2) is 5.79. The lowest BCUT2D eigenvalue weighted by Crippen LogP contribution is -2.41. The molecule has 22 heavy (non-hydrogen) atoms. The average Bonchev–Trinajstić information content (AvgIpc) is 2.99. The van der Waals surface area contributed by atoms with Crippen molar-refractivity contribution in [2.75, 3.05) is 13.1 Å². The van der Waals surface area contributed by atoms with Crippen LogP contribution in [0.25, 0.3) is 0 Å². The number of rotatable bonds is 2. The van der Waals surface area contributed by atoms with Gasteiger partial charge in [0.15, 0.2) is 0 Å². The van der Waals surface area contributed by atoms with Gasteiger partial charge in [-0.15, -0.1) is 11.3 Å². The Morgan fingerprint density at radius 1 is 1.23 bits per heavy atom. The molecule has 1 saturated heterocycles. The number of carbonyl (C=O) groups is 1. The number of amides is 1. The number of thiazole rings is 1. The minimum atomic E-state index is 0.0993. The molecule has 6 nitrogen and oxygen atoms in total. The summed E-state index contributed by atoms with van der Waals surface area (Å²) >= 11 is 1.48. The summed E-state index contributed by atoms with van der Waals surface area (Å²) in [7, 11) is 0. The second-order valence-corrected chi connectivity index (χ2v) is 7.05. The number of hydrogen-bond donors (Lipinski definition) is 0. The highest BCUT2D eigenvalue weighted by Crippen LogP contribution is 2.26. The lowest BCUT2D eigenvalue weighted by atomic mass is 10.1. The largest absolute Gasteiger partial charge is 0.336 e. The van der Waals surface area contributed by atoms with Gasteiger partial charge in [0, 0.05) is 13.1 Å². The van der Waals surface area contributed by atoms with Crippen molar-refractivity contribution in [2.24, 2.45) is 0 Å². The monoisotopic (exact) mass is 319 g/mol. The number of aromatic nitrogens is 4. The molecule has 0 saturated carbocycles. The minimum absolute atomic E-state index is 0.0993. The van der Waals surface area contributed by atoms with Crippen LogP contribution in [-0.2, 0) is 0 Å². The van der Waals surface area contributed by atoms with Gasteiger partial charge in [-0.1, -0.05) is 0 Å². The molecule has 3 rings (SSSR count). The molecule has 0 aliphatic carbocycles. The topological polar surface area (TPSA) is 63.9 Å². The van der Waals surface area contributed by atoms with Crippen LogP contribution in [-0.4, -0.2) is 43.6 Å². The maximum absolute atomic E-state index is 12.8. The first kappa shape index (κ1) is 15.1. The van der Waals surface area contributed by atoms with E-state index < -0.39 is 0 Å². The Hall–Kier alpha value is -1.76. The number of nitrogens with zero attached hydrogens (tertiary/aromatic N) is 5. The van der Waals surface area contributed by atoms with Crippen molar-refractivity contribution in [3.63, 3.8) is 0 Å². The van der Waals surface area contributed by atoms with Gasteiger partial charge in [0.25, 0.3) is 5.91 Å². The Morgan fingerprint density at radius 3 is 2.59 bits per heavy atom. The highest BCUT2D eigenvalue weighted by atomic mass is 32.1. The van der Waals surface area contributed by atoms with Crippen molar-refractivity contribution >= 4 is 17.2 Å². The summed E-state index contributed by atoms with van der Waals surface area (Å²) in [5.74, 6) is 1.80. The first-order chi connectivity index (χ1) is 10.5. The summed E-state index contributed by atoms with van der Waals surface area (Å²) in [6.45, 7) is 9.21. The standard InChI is InChI=1S/C15H21N5OS/c1-9-14(22-12(4)16-9)15(21)19-7-5-6-13(8-19)20-11(3)17-10(2)18-20/h13H,5-8H2,1-4H3/t13-/m0/s1. The smallest absolute Gasteiger partial charge is 0.265 e. The van der Waals surface area contributed by atoms with E-state index in [1.165, 1.54) is 11.3 Å². The van der Waals surface area contributed by atoms with Crippen LogP contribution in [0.5, 0.6) is 0 Å². The molecule has 0 N–H and O–H groups in total. The molecular formula is C15H21N5OS. The van der Waals surface area contributed by atoms with Gasteiger partial charge >= 0.3 is 0 Å². The van der Waals surface area contributed by atoms with Gasteiger partial charge in [0.2, 0.25) is 0 Å². The lowest BCUT2D eigenvalue weighted by Gasteiger charge is -2.32. The second-order valence-electron chi connectivity index (χ2n) is 5.85. The first-order valence-electron chi connectivity index (χ1n) is 7.58. The molecule has 2 aromatic heterocycles. The summed E-state index contributed by atoms with van der Waals surface area (Å²) < 4.78 is 1.97. The van der Waals surface area contributed by atoms with Crippen molar-refractivity contribution < 1.29 is 4.79 Å². The Balaban J connectivity index is 1.80. The molecule has 0 spiro atoms. The van der Waals surface area contributed by atoms with E-state index in [0.29, 0.717) is 6.54 Å². The van der Waals surface area contributed by atoms with Crippen molar-refractivity contribution in [2.45, 2.75) is 46.6 Å². The van der Waals surface area contributed by atoms with Crippen LogP contribution in [0.1, 0.15) is 50.9 Å². The van der Waals surface area contributed by atoms with Gasteiger partial charge in [-0.2, -0.15) is 5.10 Å². The summed E-state index contributed by atoms with van der Waals surface area (Å²) in [5.41, 5.74) is 0.836. The van der Waals surface area contributed by atoms with Crippen LogP contribution >= 0.6 is 11.3 Å². The van der Waals surface area contributed by atoms with E-state index in [1.807, 2.05) is 37.3 Å². The molecule has 0 unspecified atom stereocenters. The third-order valence-corrected chi connectivity index (χ3v) is 5.10. The normalized spacial score (nSPS) is 18.7. The van der Waals surface area contributed by atoms with Crippen molar-refractivity contribution in [3.05, 3.63) is 27.2 Å². The van der Waals surface area contributed by atoms with E-state index in [4.69, 9.17) is 0 Å². The third-order valence-electron chi connectivity index (χ3n) is 4.03. The lowest BCUT2D eigenvalue weighted by molar-refractivity contribution is 0.0675. The van der Waals surface area contributed by atoms with E-state index in [-0.39, 0.29) is 11.9 Å². The zero-order valence-corrected chi connectivity index (χ0v) is 14.3. The van der Waals surface area contributed by atoms with Crippen LogP contribution in [0.3, 0.4) is 0 Å². The maximum atomic E-state index is 12.8. The number of likely N-dealkylation sites (tertiary alicyclic amines) is 1. The quantitative estimate of drug-likeness (QED) is 0.853. The molecule has 0 radical (unpaired) electrons. The maximum Gasteiger partial charge on any atom is 0.265 e. The third kappa shape index (κ3) is 2.77. The number of carbonyl (C=O) groups excluding carboxylic acids is 1.